The molecule has 0 aliphatic carbocycles. The SMILES string of the molecule is CN(C)c1ccc(-c2ccccc2C(=O)N2CCN(c3ccccc3)CC2)cc1. The van der Waals surface area contributed by atoms with Gasteiger partial charge in [0, 0.05) is 57.2 Å². The van der Waals surface area contributed by atoms with Crippen molar-refractivity contribution < 1.29 is 4.79 Å². The van der Waals surface area contributed by atoms with Crippen molar-refractivity contribution in [3.05, 3.63) is 84.4 Å². The predicted molar refractivity (Wildman–Crippen MR) is 121 cm³/mol. The molecule has 1 aliphatic heterocycles. The van der Waals surface area contributed by atoms with Crippen molar-refractivity contribution >= 4 is 17.3 Å². The fourth-order valence-electron chi connectivity index (χ4n) is 3.84. The summed E-state index contributed by atoms with van der Waals surface area (Å²) in [5.41, 5.74) is 5.21. The highest BCUT2D eigenvalue weighted by molar-refractivity contribution is 6.01. The molecule has 4 rings (SSSR count). The van der Waals surface area contributed by atoms with Gasteiger partial charge in [0.1, 0.15) is 0 Å². The Kier molecular flexibility index (Phi) is 5.52. The van der Waals surface area contributed by atoms with Crippen molar-refractivity contribution in [2.24, 2.45) is 0 Å². The van der Waals surface area contributed by atoms with Crippen LogP contribution < -0.4 is 9.80 Å². The number of piperazine rings is 1. The van der Waals surface area contributed by atoms with Gasteiger partial charge >= 0.3 is 0 Å². The summed E-state index contributed by atoms with van der Waals surface area (Å²) in [4.78, 5) is 19.7. The third-order valence-electron chi connectivity index (χ3n) is 5.54. The first-order valence-electron chi connectivity index (χ1n) is 10.1. The number of para-hydroxylation sites is 1. The largest absolute Gasteiger partial charge is 0.378 e. The molecule has 0 bridgehead atoms. The van der Waals surface area contributed by atoms with Crippen LogP contribution in [0.1, 0.15) is 10.4 Å². The Bertz CT molecular complexity index is 959. The van der Waals surface area contributed by atoms with E-state index in [0.717, 1.165) is 48.6 Å². The summed E-state index contributed by atoms with van der Waals surface area (Å²) >= 11 is 0. The molecule has 3 aromatic carbocycles. The lowest BCUT2D eigenvalue weighted by atomic mass is 9.98. The number of rotatable bonds is 4. The molecule has 29 heavy (non-hydrogen) atoms. The number of hydrogen-bond acceptors (Lipinski definition) is 3. The minimum atomic E-state index is 0.116. The maximum Gasteiger partial charge on any atom is 0.254 e. The first-order valence-corrected chi connectivity index (χ1v) is 10.1. The van der Waals surface area contributed by atoms with E-state index in [2.05, 4.69) is 58.3 Å². The highest BCUT2D eigenvalue weighted by atomic mass is 16.2. The number of benzene rings is 3. The van der Waals surface area contributed by atoms with Crippen LogP contribution in [0.4, 0.5) is 11.4 Å². The van der Waals surface area contributed by atoms with E-state index >= 15 is 0 Å². The Labute approximate surface area is 173 Å². The van der Waals surface area contributed by atoms with E-state index in [4.69, 9.17) is 0 Å². The Morgan fingerprint density at radius 3 is 2.03 bits per heavy atom. The first-order chi connectivity index (χ1) is 14.1. The smallest absolute Gasteiger partial charge is 0.254 e. The van der Waals surface area contributed by atoms with E-state index in [-0.39, 0.29) is 5.91 Å². The summed E-state index contributed by atoms with van der Waals surface area (Å²) in [7, 11) is 4.06. The lowest BCUT2D eigenvalue weighted by Crippen LogP contribution is -2.48. The third-order valence-corrected chi connectivity index (χ3v) is 5.54. The Morgan fingerprint density at radius 1 is 0.759 bits per heavy atom. The van der Waals surface area contributed by atoms with E-state index in [1.54, 1.807) is 0 Å². The van der Waals surface area contributed by atoms with Gasteiger partial charge in [-0.3, -0.25) is 4.79 Å². The number of hydrogen-bond donors (Lipinski definition) is 0. The minimum Gasteiger partial charge on any atom is -0.378 e. The van der Waals surface area contributed by atoms with Gasteiger partial charge in [-0.1, -0.05) is 48.5 Å². The lowest BCUT2D eigenvalue weighted by Gasteiger charge is -2.36. The zero-order valence-electron chi connectivity index (χ0n) is 17.1. The highest BCUT2D eigenvalue weighted by Crippen LogP contribution is 2.27. The van der Waals surface area contributed by atoms with E-state index in [9.17, 15) is 4.79 Å². The Morgan fingerprint density at radius 2 is 1.38 bits per heavy atom. The molecule has 0 aromatic heterocycles. The number of carbonyl (C=O) groups is 1. The molecule has 1 saturated heterocycles. The minimum absolute atomic E-state index is 0.116. The monoisotopic (exact) mass is 385 g/mol. The highest BCUT2D eigenvalue weighted by Gasteiger charge is 2.24. The molecule has 1 heterocycles. The average Bonchev–Trinajstić information content (AvgIpc) is 2.79. The molecular formula is C25H27N3O. The molecule has 4 nitrogen and oxygen atoms in total. The molecule has 1 fully saturated rings. The van der Waals surface area contributed by atoms with Gasteiger partial charge in [0.05, 0.1) is 0 Å². The van der Waals surface area contributed by atoms with Crippen molar-refractivity contribution in [3.8, 4) is 11.1 Å². The van der Waals surface area contributed by atoms with Crippen LogP contribution in [0.25, 0.3) is 11.1 Å². The molecule has 1 aliphatic rings. The summed E-state index contributed by atoms with van der Waals surface area (Å²) < 4.78 is 0. The molecule has 1 amide bonds. The quantitative estimate of drug-likeness (QED) is 0.667. The summed E-state index contributed by atoms with van der Waals surface area (Å²) in [6.07, 6.45) is 0. The first kappa shape index (κ1) is 19.1. The molecule has 0 saturated carbocycles. The van der Waals surface area contributed by atoms with Crippen LogP contribution >= 0.6 is 0 Å². The Balaban J connectivity index is 1.51. The summed E-state index contributed by atoms with van der Waals surface area (Å²) in [5, 5.41) is 0. The van der Waals surface area contributed by atoms with Crippen LogP contribution in [0.15, 0.2) is 78.9 Å². The molecule has 0 unspecified atom stereocenters. The van der Waals surface area contributed by atoms with Crippen LogP contribution in [0.5, 0.6) is 0 Å². The zero-order chi connectivity index (χ0) is 20.2. The normalized spacial score (nSPS) is 14.0. The molecule has 0 N–H and O–H groups in total. The Hall–Kier alpha value is -3.27. The van der Waals surface area contributed by atoms with E-state index in [1.165, 1.54) is 5.69 Å². The van der Waals surface area contributed by atoms with Crippen molar-refractivity contribution in [2.75, 3.05) is 50.1 Å². The van der Waals surface area contributed by atoms with Gasteiger partial charge in [0.15, 0.2) is 0 Å². The summed E-state index contributed by atoms with van der Waals surface area (Å²) in [5.74, 6) is 0.116. The van der Waals surface area contributed by atoms with Gasteiger partial charge in [-0.2, -0.15) is 0 Å². The van der Waals surface area contributed by atoms with Gasteiger partial charge in [0.25, 0.3) is 5.91 Å². The lowest BCUT2D eigenvalue weighted by molar-refractivity contribution is 0.0747. The zero-order valence-corrected chi connectivity index (χ0v) is 17.1. The van der Waals surface area contributed by atoms with Gasteiger partial charge in [-0.25, -0.2) is 0 Å². The van der Waals surface area contributed by atoms with Crippen LogP contribution in [-0.2, 0) is 0 Å². The van der Waals surface area contributed by atoms with Gasteiger partial charge in [-0.05, 0) is 41.5 Å². The molecule has 0 atom stereocenters. The van der Waals surface area contributed by atoms with Crippen molar-refractivity contribution in [1.29, 1.82) is 0 Å². The maximum atomic E-state index is 13.3. The van der Waals surface area contributed by atoms with E-state index in [0.29, 0.717) is 0 Å². The summed E-state index contributed by atoms with van der Waals surface area (Å²) in [6.45, 7) is 3.19. The average molecular weight is 386 g/mol. The predicted octanol–water partition coefficient (Wildman–Crippen LogP) is 4.38. The molecule has 0 radical (unpaired) electrons. The summed E-state index contributed by atoms with van der Waals surface area (Å²) in [6, 6.07) is 26.7. The molecule has 3 aromatic rings. The number of amides is 1. The van der Waals surface area contributed by atoms with Gasteiger partial charge in [0.2, 0.25) is 0 Å². The second-order valence-corrected chi connectivity index (χ2v) is 7.60. The second-order valence-electron chi connectivity index (χ2n) is 7.60. The van der Waals surface area contributed by atoms with Gasteiger partial charge < -0.3 is 14.7 Å². The van der Waals surface area contributed by atoms with Gasteiger partial charge in [-0.15, -0.1) is 0 Å². The molecule has 4 heteroatoms. The fraction of sp³-hybridized carbons (Fsp3) is 0.240. The third kappa shape index (κ3) is 4.11. The molecular weight excluding hydrogens is 358 g/mol. The van der Waals surface area contributed by atoms with Crippen molar-refractivity contribution in [1.82, 2.24) is 4.90 Å². The molecule has 0 spiro atoms. The fourth-order valence-corrected chi connectivity index (χ4v) is 3.84. The number of carbonyl (C=O) groups excluding carboxylic acids is 1. The standard InChI is InChI=1S/C25H27N3O/c1-26(2)21-14-12-20(13-15-21)23-10-6-7-11-24(23)25(29)28-18-16-27(17-19-28)22-8-4-3-5-9-22/h3-15H,16-19H2,1-2H3. The van der Waals surface area contributed by atoms with E-state index < -0.39 is 0 Å². The molecule has 148 valence electrons. The number of nitrogens with zero attached hydrogens (tertiary/aromatic N) is 3. The number of anilines is 2. The van der Waals surface area contributed by atoms with E-state index in [1.807, 2.05) is 49.3 Å². The van der Waals surface area contributed by atoms with Crippen molar-refractivity contribution in [3.63, 3.8) is 0 Å². The maximum absolute atomic E-state index is 13.3. The van der Waals surface area contributed by atoms with Crippen LogP contribution in [0.2, 0.25) is 0 Å². The van der Waals surface area contributed by atoms with Crippen molar-refractivity contribution in [2.45, 2.75) is 0 Å². The van der Waals surface area contributed by atoms with Crippen LogP contribution in [0.3, 0.4) is 0 Å². The van der Waals surface area contributed by atoms with Crippen LogP contribution in [-0.4, -0.2) is 51.1 Å². The topological polar surface area (TPSA) is 26.8 Å². The second kappa shape index (κ2) is 8.39. The van der Waals surface area contributed by atoms with Crippen LogP contribution in [0, 0.1) is 0 Å².